The summed E-state index contributed by atoms with van der Waals surface area (Å²) in [5.74, 6) is -0.118. The van der Waals surface area contributed by atoms with E-state index < -0.39 is 0 Å². The molecule has 0 unspecified atom stereocenters. The number of carbonyl (C=O) groups excluding carboxylic acids is 1. The summed E-state index contributed by atoms with van der Waals surface area (Å²) in [5.41, 5.74) is 4.35. The molecule has 0 spiro atoms. The number of nitrogens with zero attached hydrogens (tertiary/aromatic N) is 2. The third-order valence-electron chi connectivity index (χ3n) is 4.50. The first-order chi connectivity index (χ1) is 13.0. The Morgan fingerprint density at radius 3 is 2.48 bits per heavy atom. The highest BCUT2D eigenvalue weighted by atomic mass is 35.5. The molecule has 0 aliphatic rings. The minimum absolute atomic E-state index is 0.0290. The summed E-state index contributed by atoms with van der Waals surface area (Å²) >= 11 is 6.22. The van der Waals surface area contributed by atoms with Crippen molar-refractivity contribution in [3.05, 3.63) is 76.6 Å². The van der Waals surface area contributed by atoms with Gasteiger partial charge in [0.05, 0.1) is 29.3 Å². The molecule has 1 aromatic heterocycles. The lowest BCUT2D eigenvalue weighted by molar-refractivity contribution is -0.115. The van der Waals surface area contributed by atoms with Gasteiger partial charge in [-0.3, -0.25) is 4.79 Å². The predicted molar refractivity (Wildman–Crippen MR) is 110 cm³/mol. The lowest BCUT2D eigenvalue weighted by Crippen LogP contribution is -2.30. The molecule has 0 radical (unpaired) electrons. The molecular weight excluding hydrogens is 360 g/mol. The lowest BCUT2D eigenvalue weighted by atomic mass is 10.1. The van der Waals surface area contributed by atoms with Crippen LogP contribution in [0.4, 0.5) is 5.69 Å². The third-order valence-corrected chi connectivity index (χ3v) is 4.84. The Morgan fingerprint density at radius 1 is 1.11 bits per heavy atom. The van der Waals surface area contributed by atoms with E-state index in [9.17, 15) is 4.79 Å². The molecule has 0 aliphatic carbocycles. The molecule has 1 heterocycles. The molecule has 27 heavy (non-hydrogen) atoms. The van der Waals surface area contributed by atoms with Crippen LogP contribution in [0.3, 0.4) is 0 Å². The number of rotatable bonds is 6. The molecule has 5 nitrogen and oxygen atoms in total. The number of aromatic nitrogens is 2. The maximum Gasteiger partial charge on any atom is 0.238 e. The number of carbonyl (C=O) groups is 1. The number of anilines is 1. The van der Waals surface area contributed by atoms with Crippen molar-refractivity contribution >= 4 is 23.2 Å². The lowest BCUT2D eigenvalue weighted by Gasteiger charge is -2.15. The maximum atomic E-state index is 12.4. The van der Waals surface area contributed by atoms with Gasteiger partial charge >= 0.3 is 0 Å². The minimum Gasteiger partial charge on any atom is -0.322 e. The molecule has 1 amide bonds. The average molecular weight is 383 g/mol. The second kappa shape index (κ2) is 8.37. The van der Waals surface area contributed by atoms with Crippen LogP contribution in [0.2, 0.25) is 5.02 Å². The predicted octanol–water partition coefficient (Wildman–Crippen LogP) is 4.43. The Hall–Kier alpha value is -2.63. The fraction of sp³-hybridized carbons (Fsp3) is 0.238. The van der Waals surface area contributed by atoms with Gasteiger partial charge < -0.3 is 10.6 Å². The van der Waals surface area contributed by atoms with Gasteiger partial charge in [-0.1, -0.05) is 48.0 Å². The van der Waals surface area contributed by atoms with E-state index >= 15 is 0 Å². The maximum absolute atomic E-state index is 12.4. The van der Waals surface area contributed by atoms with Crippen LogP contribution in [-0.2, 0) is 4.79 Å². The summed E-state index contributed by atoms with van der Waals surface area (Å²) < 4.78 is 1.84. The average Bonchev–Trinajstić information content (AvgIpc) is 2.95. The molecule has 2 N–H and O–H groups in total. The Kier molecular flexibility index (Phi) is 5.94. The number of amides is 1. The summed E-state index contributed by atoms with van der Waals surface area (Å²) in [7, 11) is 0. The summed E-state index contributed by atoms with van der Waals surface area (Å²) in [5, 5.41) is 11.4. The fourth-order valence-corrected chi connectivity index (χ4v) is 3.31. The minimum atomic E-state index is -0.118. The summed E-state index contributed by atoms with van der Waals surface area (Å²) in [6, 6.07) is 17.5. The SMILES string of the molecule is Cc1nn(-c2ccccc2)c(C)c1NC(=O)CN[C@H](C)c1ccccc1Cl. The van der Waals surface area contributed by atoms with Crippen molar-refractivity contribution in [3.63, 3.8) is 0 Å². The van der Waals surface area contributed by atoms with Crippen molar-refractivity contribution in [2.24, 2.45) is 0 Å². The van der Waals surface area contributed by atoms with Crippen LogP contribution in [0.25, 0.3) is 5.69 Å². The summed E-state index contributed by atoms with van der Waals surface area (Å²) in [6.07, 6.45) is 0. The van der Waals surface area contributed by atoms with Crippen LogP contribution in [0.5, 0.6) is 0 Å². The van der Waals surface area contributed by atoms with Crippen molar-refractivity contribution in [2.75, 3.05) is 11.9 Å². The highest BCUT2D eigenvalue weighted by molar-refractivity contribution is 6.31. The molecular formula is C21H23ClN4O. The van der Waals surface area contributed by atoms with Crippen LogP contribution in [0.15, 0.2) is 54.6 Å². The topological polar surface area (TPSA) is 59.0 Å². The summed E-state index contributed by atoms with van der Waals surface area (Å²) in [4.78, 5) is 12.4. The van der Waals surface area contributed by atoms with Gasteiger partial charge in [-0.25, -0.2) is 4.68 Å². The van der Waals surface area contributed by atoms with Gasteiger partial charge in [-0.15, -0.1) is 0 Å². The van der Waals surface area contributed by atoms with Crippen molar-refractivity contribution in [1.29, 1.82) is 0 Å². The zero-order valence-corrected chi connectivity index (χ0v) is 16.4. The molecule has 6 heteroatoms. The number of para-hydroxylation sites is 1. The number of hydrogen-bond donors (Lipinski definition) is 2. The van der Waals surface area contributed by atoms with E-state index in [0.29, 0.717) is 5.02 Å². The summed E-state index contributed by atoms with van der Waals surface area (Å²) in [6.45, 7) is 6.00. The van der Waals surface area contributed by atoms with Crippen molar-refractivity contribution in [2.45, 2.75) is 26.8 Å². The first-order valence-electron chi connectivity index (χ1n) is 8.86. The third kappa shape index (κ3) is 4.38. The van der Waals surface area contributed by atoms with Gasteiger partial charge in [0, 0.05) is 11.1 Å². The largest absolute Gasteiger partial charge is 0.322 e. The first-order valence-corrected chi connectivity index (χ1v) is 9.24. The van der Waals surface area contributed by atoms with E-state index in [1.807, 2.05) is 80.1 Å². The van der Waals surface area contributed by atoms with Gasteiger partial charge in [-0.05, 0) is 44.5 Å². The molecule has 3 aromatic rings. The highest BCUT2D eigenvalue weighted by Gasteiger charge is 2.16. The van der Waals surface area contributed by atoms with Gasteiger partial charge in [-0.2, -0.15) is 5.10 Å². The zero-order valence-electron chi connectivity index (χ0n) is 15.7. The molecule has 2 aromatic carbocycles. The van der Waals surface area contributed by atoms with Crippen molar-refractivity contribution < 1.29 is 4.79 Å². The molecule has 0 saturated carbocycles. The Morgan fingerprint density at radius 2 is 1.78 bits per heavy atom. The fourth-order valence-electron chi connectivity index (χ4n) is 3.01. The van der Waals surface area contributed by atoms with Crippen LogP contribution in [0.1, 0.15) is 29.9 Å². The van der Waals surface area contributed by atoms with E-state index in [1.165, 1.54) is 0 Å². The van der Waals surface area contributed by atoms with Crippen LogP contribution in [0, 0.1) is 13.8 Å². The van der Waals surface area contributed by atoms with Gasteiger partial charge in [0.2, 0.25) is 5.91 Å². The van der Waals surface area contributed by atoms with Crippen molar-refractivity contribution in [3.8, 4) is 5.69 Å². The number of benzene rings is 2. The zero-order chi connectivity index (χ0) is 19.4. The second-order valence-electron chi connectivity index (χ2n) is 6.47. The Bertz CT molecular complexity index is 937. The van der Waals surface area contributed by atoms with E-state index in [1.54, 1.807) is 0 Å². The molecule has 0 bridgehead atoms. The first kappa shape index (κ1) is 19.1. The molecule has 140 valence electrons. The second-order valence-corrected chi connectivity index (χ2v) is 6.87. The molecule has 0 aliphatic heterocycles. The highest BCUT2D eigenvalue weighted by Crippen LogP contribution is 2.23. The smallest absolute Gasteiger partial charge is 0.238 e. The number of nitrogens with one attached hydrogen (secondary N) is 2. The van der Waals surface area contributed by atoms with Gasteiger partial charge in [0.15, 0.2) is 0 Å². The van der Waals surface area contributed by atoms with Crippen LogP contribution < -0.4 is 10.6 Å². The monoisotopic (exact) mass is 382 g/mol. The van der Waals surface area contributed by atoms with Gasteiger partial charge in [0.1, 0.15) is 0 Å². The molecule has 0 fully saturated rings. The Labute approximate surface area is 164 Å². The molecule has 1 atom stereocenters. The Balaban J connectivity index is 1.66. The van der Waals surface area contributed by atoms with E-state index in [0.717, 1.165) is 28.3 Å². The molecule has 0 saturated heterocycles. The van der Waals surface area contributed by atoms with Crippen LogP contribution in [-0.4, -0.2) is 22.2 Å². The standard InChI is InChI=1S/C21H23ClN4O/c1-14(18-11-7-8-12-19(18)22)23-13-20(27)24-21-15(2)25-26(16(21)3)17-9-5-4-6-10-17/h4-12,14,23H,13H2,1-3H3,(H,24,27)/t14-/m1/s1. The van der Waals surface area contributed by atoms with Crippen molar-refractivity contribution in [1.82, 2.24) is 15.1 Å². The van der Waals surface area contributed by atoms with Crippen LogP contribution >= 0.6 is 11.6 Å². The molecule has 3 rings (SSSR count). The number of aryl methyl sites for hydroxylation is 1. The van der Waals surface area contributed by atoms with E-state index in [-0.39, 0.29) is 18.5 Å². The normalized spacial score (nSPS) is 12.0. The number of halogens is 1. The van der Waals surface area contributed by atoms with Gasteiger partial charge in [0.25, 0.3) is 0 Å². The van der Waals surface area contributed by atoms with E-state index in [4.69, 9.17) is 11.6 Å². The quantitative estimate of drug-likeness (QED) is 0.663. The number of hydrogen-bond acceptors (Lipinski definition) is 3. The van der Waals surface area contributed by atoms with E-state index in [2.05, 4.69) is 15.7 Å².